The highest BCUT2D eigenvalue weighted by Gasteiger charge is 2.00. The zero-order valence-electron chi connectivity index (χ0n) is 10.2. The van der Waals surface area contributed by atoms with Gasteiger partial charge in [0.2, 0.25) is 0 Å². The fourth-order valence-electron chi connectivity index (χ4n) is 0.949. The summed E-state index contributed by atoms with van der Waals surface area (Å²) < 4.78 is 0. The Labute approximate surface area is 115 Å². The molecule has 0 aliphatic carbocycles. The van der Waals surface area contributed by atoms with E-state index in [0.29, 0.717) is 0 Å². The van der Waals surface area contributed by atoms with Gasteiger partial charge in [-0.1, -0.05) is 42.1 Å². The standard InChI is InChI=1S/C8H10N2S.C4H6O4/c9-8(10)11-6-7-4-2-1-3-5-7;5-3(6)1-2-4(7)8/h1-5H,6H2,(H3,9,10);1-2H2,(H,5,6)(H,7,8). The van der Waals surface area contributed by atoms with Crippen molar-refractivity contribution in [3.63, 3.8) is 0 Å². The van der Waals surface area contributed by atoms with Crippen molar-refractivity contribution in [2.75, 3.05) is 0 Å². The molecule has 0 bridgehead atoms. The molecule has 0 aromatic heterocycles. The summed E-state index contributed by atoms with van der Waals surface area (Å²) in [5.41, 5.74) is 6.39. The highest BCUT2D eigenvalue weighted by atomic mass is 32.2. The van der Waals surface area contributed by atoms with Crippen LogP contribution in [0, 0.1) is 5.41 Å². The summed E-state index contributed by atoms with van der Waals surface area (Å²) in [6, 6.07) is 9.99. The molecule has 1 aromatic rings. The summed E-state index contributed by atoms with van der Waals surface area (Å²) in [7, 11) is 0. The molecule has 0 unspecified atom stereocenters. The van der Waals surface area contributed by atoms with Gasteiger partial charge >= 0.3 is 11.9 Å². The third-order valence-electron chi connectivity index (χ3n) is 1.79. The van der Waals surface area contributed by atoms with Gasteiger partial charge in [-0.05, 0) is 5.56 Å². The van der Waals surface area contributed by atoms with Gasteiger partial charge in [-0.3, -0.25) is 15.0 Å². The molecule has 1 rings (SSSR count). The van der Waals surface area contributed by atoms with Gasteiger partial charge in [0.1, 0.15) is 0 Å². The van der Waals surface area contributed by atoms with Crippen molar-refractivity contribution in [3.05, 3.63) is 35.9 Å². The van der Waals surface area contributed by atoms with E-state index in [1.54, 1.807) is 0 Å². The molecule has 6 nitrogen and oxygen atoms in total. The van der Waals surface area contributed by atoms with Gasteiger partial charge in [-0.15, -0.1) is 0 Å². The van der Waals surface area contributed by atoms with Crippen LogP contribution in [0.1, 0.15) is 18.4 Å². The van der Waals surface area contributed by atoms with Crippen LogP contribution in [0.15, 0.2) is 30.3 Å². The summed E-state index contributed by atoms with van der Waals surface area (Å²) in [6.45, 7) is 0. The Kier molecular flexibility index (Phi) is 8.90. The Hall–Kier alpha value is -2.02. The zero-order chi connectivity index (χ0) is 14.7. The Balaban J connectivity index is 0.000000362. The maximum Gasteiger partial charge on any atom is 0.303 e. The molecule has 19 heavy (non-hydrogen) atoms. The van der Waals surface area contributed by atoms with Gasteiger partial charge < -0.3 is 15.9 Å². The molecule has 0 saturated carbocycles. The minimum atomic E-state index is -1.08. The number of nitrogens with two attached hydrogens (primary N) is 1. The quantitative estimate of drug-likeness (QED) is 0.482. The van der Waals surface area contributed by atoms with Crippen molar-refractivity contribution in [3.8, 4) is 0 Å². The molecule has 0 radical (unpaired) electrons. The van der Waals surface area contributed by atoms with Gasteiger partial charge in [-0.25, -0.2) is 0 Å². The van der Waals surface area contributed by atoms with Crippen molar-refractivity contribution < 1.29 is 19.8 Å². The fourth-order valence-corrected chi connectivity index (χ4v) is 1.46. The largest absolute Gasteiger partial charge is 0.481 e. The Morgan fingerprint density at radius 3 is 1.95 bits per heavy atom. The molecule has 0 fully saturated rings. The van der Waals surface area contributed by atoms with Crippen LogP contribution in [0.4, 0.5) is 0 Å². The Morgan fingerprint density at radius 2 is 1.58 bits per heavy atom. The molecule has 0 heterocycles. The van der Waals surface area contributed by atoms with Crippen LogP contribution in [0.3, 0.4) is 0 Å². The van der Waals surface area contributed by atoms with Crippen LogP contribution >= 0.6 is 11.8 Å². The Morgan fingerprint density at radius 1 is 1.11 bits per heavy atom. The topological polar surface area (TPSA) is 124 Å². The van der Waals surface area contributed by atoms with Gasteiger partial charge in [0.15, 0.2) is 5.17 Å². The summed E-state index contributed by atoms with van der Waals surface area (Å²) in [5.74, 6) is -1.37. The van der Waals surface area contributed by atoms with E-state index in [2.05, 4.69) is 0 Å². The van der Waals surface area contributed by atoms with E-state index in [4.69, 9.17) is 21.4 Å². The molecule has 0 saturated heterocycles. The third kappa shape index (κ3) is 12.2. The van der Waals surface area contributed by atoms with Gasteiger partial charge in [-0.2, -0.15) is 0 Å². The zero-order valence-corrected chi connectivity index (χ0v) is 11.0. The number of benzene rings is 1. The SMILES string of the molecule is N=C(N)SCc1ccccc1.O=C(O)CCC(=O)O. The molecular formula is C12H16N2O4S. The second-order valence-corrected chi connectivity index (χ2v) is 4.44. The van der Waals surface area contributed by atoms with Crippen LogP contribution in [0.25, 0.3) is 0 Å². The molecule has 0 atom stereocenters. The fraction of sp³-hybridized carbons (Fsp3) is 0.250. The van der Waals surface area contributed by atoms with E-state index in [0.717, 1.165) is 5.75 Å². The second kappa shape index (κ2) is 9.95. The number of amidine groups is 1. The third-order valence-corrected chi connectivity index (χ3v) is 2.58. The number of hydrogen-bond donors (Lipinski definition) is 4. The molecule has 0 amide bonds. The van der Waals surface area contributed by atoms with Crippen LogP contribution in [-0.2, 0) is 15.3 Å². The second-order valence-electron chi connectivity index (χ2n) is 3.43. The van der Waals surface area contributed by atoms with Gasteiger partial charge in [0, 0.05) is 5.75 Å². The highest BCUT2D eigenvalue weighted by Crippen LogP contribution is 2.09. The lowest BCUT2D eigenvalue weighted by Gasteiger charge is -1.97. The summed E-state index contributed by atoms with van der Waals surface area (Å²) >= 11 is 1.35. The summed E-state index contributed by atoms with van der Waals surface area (Å²) in [5, 5.41) is 23.0. The average molecular weight is 284 g/mol. The first kappa shape index (κ1) is 17.0. The lowest BCUT2D eigenvalue weighted by Crippen LogP contribution is -2.03. The lowest BCUT2D eigenvalue weighted by molar-refractivity contribution is -0.143. The average Bonchev–Trinajstić information content (AvgIpc) is 2.36. The van der Waals surface area contributed by atoms with Gasteiger partial charge in [0.25, 0.3) is 0 Å². The van der Waals surface area contributed by atoms with E-state index in [9.17, 15) is 9.59 Å². The number of hydrogen-bond acceptors (Lipinski definition) is 4. The van der Waals surface area contributed by atoms with Crippen LogP contribution in [0.5, 0.6) is 0 Å². The summed E-state index contributed by atoms with van der Waals surface area (Å²) in [6.07, 6.45) is -0.593. The Bertz CT molecular complexity index is 409. The molecule has 0 aliphatic rings. The molecule has 7 heteroatoms. The number of carbonyl (C=O) groups is 2. The molecule has 104 valence electrons. The number of carboxylic acid groups (broad SMARTS) is 2. The molecule has 1 aromatic carbocycles. The van der Waals surface area contributed by atoms with Crippen LogP contribution in [0.2, 0.25) is 0 Å². The van der Waals surface area contributed by atoms with Crippen molar-refractivity contribution in [1.82, 2.24) is 0 Å². The van der Waals surface area contributed by atoms with Crippen molar-refractivity contribution >= 4 is 28.9 Å². The first-order chi connectivity index (χ1) is 8.91. The number of carboxylic acids is 2. The molecule has 0 spiro atoms. The predicted octanol–water partition coefficient (Wildman–Crippen LogP) is 1.75. The normalized spacial score (nSPS) is 9.05. The smallest absolute Gasteiger partial charge is 0.303 e. The van der Waals surface area contributed by atoms with E-state index in [-0.39, 0.29) is 18.0 Å². The number of nitrogens with one attached hydrogen (secondary N) is 1. The highest BCUT2D eigenvalue weighted by molar-refractivity contribution is 8.13. The van der Waals surface area contributed by atoms with Crippen LogP contribution < -0.4 is 5.73 Å². The van der Waals surface area contributed by atoms with Crippen molar-refractivity contribution in [1.29, 1.82) is 5.41 Å². The van der Waals surface area contributed by atoms with E-state index in [1.807, 2.05) is 30.3 Å². The van der Waals surface area contributed by atoms with E-state index < -0.39 is 11.9 Å². The maximum absolute atomic E-state index is 9.64. The summed E-state index contributed by atoms with van der Waals surface area (Å²) in [4.78, 5) is 19.3. The minimum absolute atomic E-state index is 0.175. The number of thioether (sulfide) groups is 1. The maximum atomic E-state index is 9.64. The number of aliphatic carboxylic acids is 2. The molecule has 0 aliphatic heterocycles. The number of rotatable bonds is 5. The van der Waals surface area contributed by atoms with E-state index in [1.165, 1.54) is 17.3 Å². The molecule has 5 N–H and O–H groups in total. The predicted molar refractivity (Wildman–Crippen MR) is 74.2 cm³/mol. The van der Waals surface area contributed by atoms with Gasteiger partial charge in [0.05, 0.1) is 12.8 Å². The van der Waals surface area contributed by atoms with Crippen LogP contribution in [-0.4, -0.2) is 27.3 Å². The van der Waals surface area contributed by atoms with E-state index >= 15 is 0 Å². The van der Waals surface area contributed by atoms with Crippen molar-refractivity contribution in [2.45, 2.75) is 18.6 Å². The first-order valence-corrected chi connectivity index (χ1v) is 6.34. The molecular weight excluding hydrogens is 268 g/mol. The minimum Gasteiger partial charge on any atom is -0.481 e. The van der Waals surface area contributed by atoms with Crippen molar-refractivity contribution in [2.24, 2.45) is 5.73 Å². The lowest BCUT2D eigenvalue weighted by atomic mass is 10.2. The first-order valence-electron chi connectivity index (χ1n) is 5.36. The monoisotopic (exact) mass is 284 g/mol.